The standard InChI is InChI=1S/C20H24N2O2S/c1-21(2)19(23)18-16-7-3-4-8-17(16)20(24-18)9-11-22(12-10-20)14-15-6-5-13-25-15/h3-8,13,18H,9-12,14H2,1-2H3/t18-/m1/s1. The molecule has 1 aromatic carbocycles. The Balaban J connectivity index is 1.54. The van der Waals surface area contributed by atoms with Crippen LogP contribution in [0.15, 0.2) is 41.8 Å². The largest absolute Gasteiger partial charge is 0.352 e. The SMILES string of the molecule is CN(C)C(=O)[C@@H]1OC2(CCN(Cc3cccs3)CC2)c2ccccc21. The highest BCUT2D eigenvalue weighted by Gasteiger charge is 2.48. The van der Waals surface area contributed by atoms with E-state index in [2.05, 4.69) is 34.5 Å². The van der Waals surface area contributed by atoms with E-state index in [4.69, 9.17) is 4.74 Å². The van der Waals surface area contributed by atoms with Gasteiger partial charge < -0.3 is 9.64 Å². The highest BCUT2D eigenvalue weighted by Crippen LogP contribution is 2.49. The molecule has 4 rings (SSSR count). The molecular weight excluding hydrogens is 332 g/mol. The molecule has 4 nitrogen and oxygen atoms in total. The quantitative estimate of drug-likeness (QED) is 0.845. The molecular formula is C20H24N2O2S. The van der Waals surface area contributed by atoms with E-state index in [0.29, 0.717) is 0 Å². The van der Waals surface area contributed by atoms with Crippen molar-refractivity contribution in [2.24, 2.45) is 0 Å². The molecule has 2 aliphatic heterocycles. The summed E-state index contributed by atoms with van der Waals surface area (Å²) < 4.78 is 6.45. The van der Waals surface area contributed by atoms with Gasteiger partial charge in [-0.3, -0.25) is 9.69 Å². The number of piperidine rings is 1. The van der Waals surface area contributed by atoms with Crippen LogP contribution >= 0.6 is 11.3 Å². The Morgan fingerprint density at radius 3 is 2.68 bits per heavy atom. The number of likely N-dealkylation sites (tertiary alicyclic amines) is 1. The van der Waals surface area contributed by atoms with Gasteiger partial charge in [-0.15, -0.1) is 11.3 Å². The molecule has 0 N–H and O–H groups in total. The van der Waals surface area contributed by atoms with Crippen molar-refractivity contribution in [3.05, 3.63) is 57.8 Å². The van der Waals surface area contributed by atoms with Crippen molar-refractivity contribution in [2.75, 3.05) is 27.2 Å². The summed E-state index contributed by atoms with van der Waals surface area (Å²) in [4.78, 5) is 18.1. The summed E-state index contributed by atoms with van der Waals surface area (Å²) in [7, 11) is 3.59. The zero-order chi connectivity index (χ0) is 17.4. The zero-order valence-corrected chi connectivity index (χ0v) is 15.6. The Kier molecular flexibility index (Phi) is 4.40. The number of hydrogen-bond acceptors (Lipinski definition) is 4. The normalized spacial score (nSPS) is 22.1. The van der Waals surface area contributed by atoms with Gasteiger partial charge in [0.2, 0.25) is 0 Å². The fourth-order valence-electron chi connectivity index (χ4n) is 3.99. The Labute approximate surface area is 153 Å². The number of carbonyl (C=O) groups is 1. The van der Waals surface area contributed by atoms with Crippen molar-refractivity contribution in [1.82, 2.24) is 9.80 Å². The van der Waals surface area contributed by atoms with Gasteiger partial charge in [0.15, 0.2) is 6.10 Å². The first-order chi connectivity index (χ1) is 12.1. The first kappa shape index (κ1) is 16.8. The van der Waals surface area contributed by atoms with Gasteiger partial charge in [0.25, 0.3) is 5.91 Å². The smallest absolute Gasteiger partial charge is 0.255 e. The summed E-state index contributed by atoms with van der Waals surface area (Å²) in [6.07, 6.45) is 1.41. The van der Waals surface area contributed by atoms with E-state index in [1.807, 2.05) is 23.5 Å². The Bertz CT molecular complexity index is 749. The number of thiophene rings is 1. The lowest BCUT2D eigenvalue weighted by molar-refractivity contribution is -0.158. The summed E-state index contributed by atoms with van der Waals surface area (Å²) >= 11 is 1.81. The fraction of sp³-hybridized carbons (Fsp3) is 0.450. The number of carbonyl (C=O) groups excluding carboxylic acids is 1. The second kappa shape index (κ2) is 6.56. The molecule has 1 amide bonds. The molecule has 2 aromatic rings. The number of amides is 1. The van der Waals surface area contributed by atoms with E-state index < -0.39 is 6.10 Å². The average molecular weight is 356 g/mol. The van der Waals surface area contributed by atoms with Crippen molar-refractivity contribution in [3.63, 3.8) is 0 Å². The van der Waals surface area contributed by atoms with Crippen LogP contribution < -0.4 is 0 Å². The molecule has 1 fully saturated rings. The molecule has 1 saturated heterocycles. The van der Waals surface area contributed by atoms with Crippen LogP contribution in [0.3, 0.4) is 0 Å². The molecule has 3 heterocycles. The molecule has 0 unspecified atom stereocenters. The maximum atomic E-state index is 12.6. The van der Waals surface area contributed by atoms with E-state index >= 15 is 0 Å². The summed E-state index contributed by atoms with van der Waals surface area (Å²) in [6, 6.07) is 12.6. The predicted molar refractivity (Wildman–Crippen MR) is 99.5 cm³/mol. The zero-order valence-electron chi connectivity index (χ0n) is 14.8. The van der Waals surface area contributed by atoms with Gasteiger partial charge in [0.1, 0.15) is 0 Å². The van der Waals surface area contributed by atoms with Crippen LogP contribution in [0.5, 0.6) is 0 Å². The molecule has 2 aliphatic rings. The van der Waals surface area contributed by atoms with Gasteiger partial charge in [0, 0.05) is 38.6 Å². The number of ether oxygens (including phenoxy) is 1. The van der Waals surface area contributed by atoms with Gasteiger partial charge in [0.05, 0.1) is 5.60 Å². The lowest BCUT2D eigenvalue weighted by atomic mass is 9.83. The molecule has 0 radical (unpaired) electrons. The first-order valence-corrected chi connectivity index (χ1v) is 9.70. The molecule has 0 aliphatic carbocycles. The van der Waals surface area contributed by atoms with Gasteiger partial charge in [-0.1, -0.05) is 30.3 Å². The maximum Gasteiger partial charge on any atom is 0.255 e. The number of benzene rings is 1. The van der Waals surface area contributed by atoms with Crippen LogP contribution in [0.4, 0.5) is 0 Å². The van der Waals surface area contributed by atoms with Crippen molar-refractivity contribution in [3.8, 4) is 0 Å². The van der Waals surface area contributed by atoms with Crippen molar-refractivity contribution in [2.45, 2.75) is 31.1 Å². The van der Waals surface area contributed by atoms with E-state index in [0.717, 1.165) is 38.0 Å². The third kappa shape index (κ3) is 3.01. The van der Waals surface area contributed by atoms with Crippen LogP contribution in [0.25, 0.3) is 0 Å². The van der Waals surface area contributed by atoms with Gasteiger partial charge in [-0.2, -0.15) is 0 Å². The second-order valence-electron chi connectivity index (χ2n) is 7.17. The molecule has 0 bridgehead atoms. The van der Waals surface area contributed by atoms with Crippen molar-refractivity contribution in [1.29, 1.82) is 0 Å². The Morgan fingerprint density at radius 2 is 2.00 bits per heavy atom. The highest BCUT2D eigenvalue weighted by atomic mass is 32.1. The van der Waals surface area contributed by atoms with E-state index in [1.165, 1.54) is 10.4 Å². The average Bonchev–Trinajstić information content (AvgIpc) is 3.24. The monoisotopic (exact) mass is 356 g/mol. The molecule has 1 atom stereocenters. The number of fused-ring (bicyclic) bond motifs is 2. The van der Waals surface area contributed by atoms with E-state index in [-0.39, 0.29) is 11.5 Å². The van der Waals surface area contributed by atoms with Crippen LogP contribution in [-0.2, 0) is 21.7 Å². The second-order valence-corrected chi connectivity index (χ2v) is 8.20. The minimum Gasteiger partial charge on any atom is -0.352 e. The third-order valence-corrected chi connectivity index (χ3v) is 6.23. The first-order valence-electron chi connectivity index (χ1n) is 8.82. The Morgan fingerprint density at radius 1 is 1.24 bits per heavy atom. The predicted octanol–water partition coefficient (Wildman–Crippen LogP) is 3.40. The summed E-state index contributed by atoms with van der Waals surface area (Å²) in [5.41, 5.74) is 1.96. The number of hydrogen-bond donors (Lipinski definition) is 0. The van der Waals surface area contributed by atoms with Crippen LogP contribution in [0, 0.1) is 0 Å². The summed E-state index contributed by atoms with van der Waals surface area (Å²) in [5.74, 6) is 0.0327. The van der Waals surface area contributed by atoms with Crippen LogP contribution in [0.1, 0.15) is 34.9 Å². The molecule has 1 spiro atoms. The van der Waals surface area contributed by atoms with Crippen molar-refractivity contribution >= 4 is 17.2 Å². The van der Waals surface area contributed by atoms with Crippen LogP contribution in [-0.4, -0.2) is 42.9 Å². The number of likely N-dealkylation sites (N-methyl/N-ethyl adjacent to an activating group) is 1. The molecule has 5 heteroatoms. The fourth-order valence-corrected chi connectivity index (χ4v) is 4.74. The van der Waals surface area contributed by atoms with Gasteiger partial charge in [-0.05, 0) is 35.4 Å². The van der Waals surface area contributed by atoms with E-state index in [9.17, 15) is 4.79 Å². The molecule has 25 heavy (non-hydrogen) atoms. The minimum atomic E-state index is -0.463. The maximum absolute atomic E-state index is 12.6. The lowest BCUT2D eigenvalue weighted by Gasteiger charge is -2.39. The summed E-state index contributed by atoms with van der Waals surface area (Å²) in [5, 5.41) is 2.13. The molecule has 1 aromatic heterocycles. The molecule has 0 saturated carbocycles. The summed E-state index contributed by atoms with van der Waals surface area (Å²) in [6.45, 7) is 3.00. The minimum absolute atomic E-state index is 0.0327. The van der Waals surface area contributed by atoms with Gasteiger partial charge in [-0.25, -0.2) is 0 Å². The topological polar surface area (TPSA) is 32.8 Å². The van der Waals surface area contributed by atoms with Gasteiger partial charge >= 0.3 is 0 Å². The lowest BCUT2D eigenvalue weighted by Crippen LogP contribution is -2.42. The highest BCUT2D eigenvalue weighted by molar-refractivity contribution is 7.09. The third-order valence-electron chi connectivity index (χ3n) is 5.37. The number of nitrogens with zero attached hydrogens (tertiary/aromatic N) is 2. The number of rotatable bonds is 3. The Hall–Kier alpha value is -1.69. The van der Waals surface area contributed by atoms with Crippen molar-refractivity contribution < 1.29 is 9.53 Å². The molecule has 132 valence electrons. The van der Waals surface area contributed by atoms with Crippen LogP contribution in [0.2, 0.25) is 0 Å². The van der Waals surface area contributed by atoms with E-state index in [1.54, 1.807) is 19.0 Å².